The van der Waals surface area contributed by atoms with Gasteiger partial charge in [-0.1, -0.05) is 44.2 Å². The first-order chi connectivity index (χ1) is 13.0. The molecule has 1 aromatic heterocycles. The van der Waals surface area contributed by atoms with E-state index in [1.807, 2.05) is 42.6 Å². The predicted octanol–water partition coefficient (Wildman–Crippen LogP) is 4.00. The zero-order valence-corrected chi connectivity index (χ0v) is 16.1. The van der Waals surface area contributed by atoms with Crippen LogP contribution in [0.5, 0.6) is 5.75 Å². The number of amides is 2. The van der Waals surface area contributed by atoms with E-state index < -0.39 is 0 Å². The average molecular weight is 365 g/mol. The van der Waals surface area contributed by atoms with Crippen molar-refractivity contribution < 1.29 is 9.53 Å². The van der Waals surface area contributed by atoms with Crippen molar-refractivity contribution >= 4 is 16.9 Å². The predicted molar refractivity (Wildman–Crippen MR) is 109 cm³/mol. The standard InChI is InChI=1S/C22H27N3O2/c1-22(2,17-8-10-18(27-3)11-9-17)15-25-21(26)23-13-12-16-14-24-20-7-5-4-6-19(16)20/h4-11,14,24H,12-13,15H2,1-3H3,(H2,23,25,26). The van der Waals surface area contributed by atoms with E-state index in [0.717, 1.165) is 23.3 Å². The second-order valence-electron chi connectivity index (χ2n) is 7.33. The van der Waals surface area contributed by atoms with Crippen molar-refractivity contribution in [3.05, 3.63) is 65.9 Å². The van der Waals surface area contributed by atoms with Gasteiger partial charge in [-0.25, -0.2) is 4.79 Å². The van der Waals surface area contributed by atoms with Gasteiger partial charge < -0.3 is 20.4 Å². The minimum absolute atomic E-state index is 0.142. The molecule has 27 heavy (non-hydrogen) atoms. The zero-order valence-electron chi connectivity index (χ0n) is 16.1. The Balaban J connectivity index is 1.47. The fraction of sp³-hybridized carbons (Fsp3) is 0.318. The van der Waals surface area contributed by atoms with Gasteiger partial charge in [0, 0.05) is 35.6 Å². The van der Waals surface area contributed by atoms with Crippen LogP contribution >= 0.6 is 0 Å². The van der Waals surface area contributed by atoms with Crippen molar-refractivity contribution in [1.29, 1.82) is 0 Å². The first-order valence-electron chi connectivity index (χ1n) is 9.21. The number of aromatic nitrogens is 1. The van der Waals surface area contributed by atoms with Crippen molar-refractivity contribution in [2.75, 3.05) is 20.2 Å². The number of methoxy groups -OCH3 is 1. The number of benzene rings is 2. The Kier molecular flexibility index (Phi) is 5.69. The lowest BCUT2D eigenvalue weighted by atomic mass is 9.84. The monoisotopic (exact) mass is 365 g/mol. The molecule has 3 N–H and O–H groups in total. The Morgan fingerprint density at radius 3 is 2.56 bits per heavy atom. The maximum absolute atomic E-state index is 12.2. The molecule has 0 atom stereocenters. The Hall–Kier alpha value is -2.95. The largest absolute Gasteiger partial charge is 0.497 e. The number of para-hydroxylation sites is 1. The van der Waals surface area contributed by atoms with Crippen molar-refractivity contribution in [3.63, 3.8) is 0 Å². The summed E-state index contributed by atoms with van der Waals surface area (Å²) in [5.41, 5.74) is 3.32. The number of H-pyrrole nitrogens is 1. The normalized spacial score (nSPS) is 11.4. The minimum Gasteiger partial charge on any atom is -0.497 e. The van der Waals surface area contributed by atoms with Crippen LogP contribution in [-0.4, -0.2) is 31.2 Å². The van der Waals surface area contributed by atoms with Crippen LogP contribution in [0.2, 0.25) is 0 Å². The van der Waals surface area contributed by atoms with Gasteiger partial charge in [0.1, 0.15) is 5.75 Å². The van der Waals surface area contributed by atoms with Gasteiger partial charge in [0.2, 0.25) is 0 Å². The summed E-state index contributed by atoms with van der Waals surface area (Å²) in [6.45, 7) is 5.37. The Bertz CT molecular complexity index is 897. The van der Waals surface area contributed by atoms with Crippen molar-refractivity contribution in [2.24, 2.45) is 0 Å². The molecule has 142 valence electrons. The van der Waals surface area contributed by atoms with E-state index in [4.69, 9.17) is 4.74 Å². The molecule has 0 fully saturated rings. The van der Waals surface area contributed by atoms with Gasteiger partial charge in [0.25, 0.3) is 0 Å². The maximum atomic E-state index is 12.2. The van der Waals surface area contributed by atoms with Crippen molar-refractivity contribution in [3.8, 4) is 5.75 Å². The molecule has 0 saturated carbocycles. The molecule has 3 rings (SSSR count). The number of ether oxygens (including phenoxy) is 1. The molecule has 0 aliphatic carbocycles. The molecular formula is C22H27N3O2. The maximum Gasteiger partial charge on any atom is 0.314 e. The molecule has 2 aromatic carbocycles. The second-order valence-corrected chi connectivity index (χ2v) is 7.33. The average Bonchev–Trinajstić information content (AvgIpc) is 3.10. The summed E-state index contributed by atoms with van der Waals surface area (Å²) >= 11 is 0. The highest BCUT2D eigenvalue weighted by molar-refractivity contribution is 5.83. The Morgan fingerprint density at radius 2 is 1.81 bits per heavy atom. The number of carbonyl (C=O) groups is 1. The topological polar surface area (TPSA) is 66.2 Å². The zero-order chi connectivity index (χ0) is 19.3. The molecule has 2 amide bonds. The molecule has 5 heteroatoms. The van der Waals surface area contributed by atoms with Crippen molar-refractivity contribution in [1.82, 2.24) is 15.6 Å². The number of aromatic amines is 1. The number of carbonyl (C=O) groups excluding carboxylic acids is 1. The lowest BCUT2D eigenvalue weighted by molar-refractivity contribution is 0.238. The molecule has 0 spiro atoms. The number of rotatable bonds is 7. The smallest absolute Gasteiger partial charge is 0.314 e. The van der Waals surface area contributed by atoms with Crippen molar-refractivity contribution in [2.45, 2.75) is 25.7 Å². The van der Waals surface area contributed by atoms with Gasteiger partial charge in [0.15, 0.2) is 0 Å². The van der Waals surface area contributed by atoms with Crippen LogP contribution in [0.4, 0.5) is 4.79 Å². The molecule has 0 bridgehead atoms. The molecular weight excluding hydrogens is 338 g/mol. The highest BCUT2D eigenvalue weighted by atomic mass is 16.5. The molecule has 3 aromatic rings. The molecule has 0 radical (unpaired) electrons. The van der Waals surface area contributed by atoms with Gasteiger partial charge in [-0.3, -0.25) is 0 Å². The third kappa shape index (κ3) is 4.61. The Labute approximate surface area is 160 Å². The summed E-state index contributed by atoms with van der Waals surface area (Å²) in [7, 11) is 1.66. The van der Waals surface area contributed by atoms with Gasteiger partial charge in [-0.05, 0) is 35.7 Å². The summed E-state index contributed by atoms with van der Waals surface area (Å²) in [6, 6.07) is 16.0. The highest BCUT2D eigenvalue weighted by Crippen LogP contribution is 2.24. The number of nitrogens with one attached hydrogen (secondary N) is 3. The van der Waals surface area contributed by atoms with Gasteiger partial charge >= 0.3 is 6.03 Å². The van der Waals surface area contributed by atoms with Gasteiger partial charge in [-0.2, -0.15) is 0 Å². The van der Waals surface area contributed by atoms with Crippen LogP contribution in [0.3, 0.4) is 0 Å². The number of hydrogen-bond acceptors (Lipinski definition) is 2. The van der Waals surface area contributed by atoms with Gasteiger partial charge in [-0.15, -0.1) is 0 Å². The molecule has 0 saturated heterocycles. The Morgan fingerprint density at radius 1 is 1.07 bits per heavy atom. The first kappa shape index (κ1) is 18.8. The van der Waals surface area contributed by atoms with E-state index in [-0.39, 0.29) is 11.4 Å². The third-order valence-corrected chi connectivity index (χ3v) is 4.92. The van der Waals surface area contributed by atoms with Crippen LogP contribution < -0.4 is 15.4 Å². The van der Waals surface area contributed by atoms with E-state index in [0.29, 0.717) is 13.1 Å². The fourth-order valence-electron chi connectivity index (χ4n) is 3.16. The van der Waals surface area contributed by atoms with E-state index in [9.17, 15) is 4.79 Å². The quantitative estimate of drug-likeness (QED) is 0.592. The van der Waals surface area contributed by atoms with Crippen LogP contribution in [0.25, 0.3) is 10.9 Å². The van der Waals surface area contributed by atoms with E-state index >= 15 is 0 Å². The molecule has 1 heterocycles. The first-order valence-corrected chi connectivity index (χ1v) is 9.21. The minimum atomic E-state index is -0.166. The fourth-order valence-corrected chi connectivity index (χ4v) is 3.16. The summed E-state index contributed by atoms with van der Waals surface area (Å²) in [5.74, 6) is 0.831. The molecule has 0 unspecified atom stereocenters. The SMILES string of the molecule is COc1ccc(C(C)(C)CNC(=O)NCCc2c[nH]c3ccccc23)cc1. The lowest BCUT2D eigenvalue weighted by Gasteiger charge is -2.26. The number of fused-ring (bicyclic) bond motifs is 1. The lowest BCUT2D eigenvalue weighted by Crippen LogP contribution is -2.42. The van der Waals surface area contributed by atoms with Crippen LogP contribution in [-0.2, 0) is 11.8 Å². The van der Waals surface area contributed by atoms with Gasteiger partial charge in [0.05, 0.1) is 7.11 Å². The van der Waals surface area contributed by atoms with E-state index in [1.165, 1.54) is 10.9 Å². The van der Waals surface area contributed by atoms with Crippen LogP contribution in [0, 0.1) is 0 Å². The summed E-state index contributed by atoms with van der Waals surface area (Å²) < 4.78 is 5.20. The number of hydrogen-bond donors (Lipinski definition) is 3. The molecule has 0 aliphatic heterocycles. The van der Waals surface area contributed by atoms with E-state index in [2.05, 4.69) is 41.6 Å². The van der Waals surface area contributed by atoms with E-state index in [1.54, 1.807) is 7.11 Å². The number of urea groups is 1. The van der Waals surface area contributed by atoms with Crippen LogP contribution in [0.15, 0.2) is 54.7 Å². The second kappa shape index (κ2) is 8.16. The highest BCUT2D eigenvalue weighted by Gasteiger charge is 2.21. The summed E-state index contributed by atoms with van der Waals surface area (Å²) in [5, 5.41) is 7.13. The molecule has 5 nitrogen and oxygen atoms in total. The van der Waals surface area contributed by atoms with Crippen LogP contribution in [0.1, 0.15) is 25.0 Å². The summed E-state index contributed by atoms with van der Waals surface area (Å²) in [4.78, 5) is 15.4. The summed E-state index contributed by atoms with van der Waals surface area (Å²) in [6.07, 6.45) is 2.80. The third-order valence-electron chi connectivity index (χ3n) is 4.92. The molecule has 0 aliphatic rings.